The molecule has 612 valence electrons. The molecule has 4 N–H and O–H groups in total. The van der Waals surface area contributed by atoms with E-state index in [1.807, 2.05) is 146 Å². The van der Waals surface area contributed by atoms with Crippen LogP contribution in [-0.2, 0) is 54.0 Å². The van der Waals surface area contributed by atoms with Crippen LogP contribution in [0.2, 0.25) is 6.04 Å². The van der Waals surface area contributed by atoms with Crippen LogP contribution in [-0.4, -0.2) is 141 Å². The number of esters is 2. The molecule has 2 saturated carbocycles. The third-order valence-electron chi connectivity index (χ3n) is 22.5. The van der Waals surface area contributed by atoms with Crippen molar-refractivity contribution in [2.75, 3.05) is 61.9 Å². The van der Waals surface area contributed by atoms with Crippen LogP contribution in [0, 0.1) is 0 Å². The van der Waals surface area contributed by atoms with Crippen molar-refractivity contribution < 1.29 is 104 Å². The molecule has 3 unspecified atom stereocenters. The first-order valence-corrected chi connectivity index (χ1v) is 42.9. The van der Waals surface area contributed by atoms with E-state index in [2.05, 4.69) is 19.2 Å². The van der Waals surface area contributed by atoms with Gasteiger partial charge < -0.3 is 85.3 Å². The number of carbonyl (C=O) groups excluding carboxylic acids is 6. The lowest BCUT2D eigenvalue weighted by Crippen LogP contribution is -2.66. The van der Waals surface area contributed by atoms with Gasteiger partial charge >= 0.3 is 54.0 Å². The van der Waals surface area contributed by atoms with Gasteiger partial charge in [0.2, 0.25) is 0 Å². The highest BCUT2D eigenvalue weighted by atomic mass is 28.4. The van der Waals surface area contributed by atoms with Crippen LogP contribution < -0.4 is 43.2 Å². The first kappa shape index (κ1) is 87.0. The highest BCUT2D eigenvalue weighted by molar-refractivity contribution is 6.60. The summed E-state index contributed by atoms with van der Waals surface area (Å²) in [5, 5.41) is 2.78. The monoisotopic (exact) mass is 1610 g/mol. The minimum Gasteiger partial charge on any atom is -0.497 e. The Bertz CT molecular complexity index is 4460. The van der Waals surface area contributed by atoms with Crippen LogP contribution in [0.25, 0.3) is 0 Å². The molecule has 115 heavy (non-hydrogen) atoms. The number of methoxy groups -OCH3 is 2. The van der Waals surface area contributed by atoms with Crippen LogP contribution in [0.5, 0.6) is 46.0 Å². The van der Waals surface area contributed by atoms with E-state index in [1.165, 1.54) is 26.7 Å². The number of alkyl carbamates (subject to hydrolysis) is 1. The Hall–Kier alpha value is -10.4. The Kier molecular flexibility index (Phi) is 30.4. The number of amides is 2. The van der Waals surface area contributed by atoms with E-state index in [-0.39, 0.29) is 42.5 Å². The van der Waals surface area contributed by atoms with E-state index in [1.54, 1.807) is 84.1 Å². The van der Waals surface area contributed by atoms with Crippen molar-refractivity contribution in [1.82, 2.24) is 10.2 Å². The molecule has 0 radical (unpaired) electrons. The second-order valence-electron chi connectivity index (χ2n) is 29.6. The molecule has 24 nitrogen and oxygen atoms in total. The topological polar surface area (TPSA) is 298 Å². The molecule has 1 saturated heterocycles. The predicted octanol–water partition coefficient (Wildman–Crippen LogP) is 16.7. The number of benzene rings is 8. The molecule has 11 rings (SSSR count). The van der Waals surface area contributed by atoms with Gasteiger partial charge in [-0.2, -0.15) is 0 Å². The number of likely N-dealkylation sites (tertiary alicyclic amines) is 1. The van der Waals surface area contributed by atoms with E-state index in [0.29, 0.717) is 91.4 Å². The van der Waals surface area contributed by atoms with Crippen LogP contribution in [0.3, 0.4) is 0 Å². The van der Waals surface area contributed by atoms with Crippen LogP contribution in [0.4, 0.5) is 19.2 Å². The molecule has 26 heteroatoms. The molecule has 3 atom stereocenters. The number of ether oxygens (including phenoxy) is 10. The van der Waals surface area contributed by atoms with Gasteiger partial charge in [-0.3, -0.25) is 9.59 Å². The highest BCUT2D eigenvalue weighted by Gasteiger charge is 2.51. The van der Waals surface area contributed by atoms with Gasteiger partial charge in [-0.25, -0.2) is 19.2 Å². The fraction of sp³-hybridized carbons (Fsp3) is 0.393. The zero-order valence-electron chi connectivity index (χ0n) is 66.9. The molecular weight excluding hydrogens is 1510 g/mol. The van der Waals surface area contributed by atoms with E-state index in [4.69, 9.17) is 60.6 Å². The third-order valence-corrected chi connectivity index (χ3v) is 26.8. The summed E-state index contributed by atoms with van der Waals surface area (Å²) in [5.74, 6) is 3.16. The van der Waals surface area contributed by atoms with Crippen molar-refractivity contribution in [3.05, 3.63) is 239 Å². The SMILES string of the molecule is COc1ccc(C(C)(CCCOC(=O)N2CCC2[Si](O)(O)O)c2ccc(OC(=O)Oc3ccc(C4(c5ccc(OC(C)=O)cc5)CCCCC4)cc3)cc2)cc1.COc1ccc(C(C)(CCCOC(=O)NCCC[Si](OC)(OC)OC)c2ccc(OC(=O)Oc3ccc(C4(c5ccc(OC(C)=O)cc5)CCCCC4)cc3)cc2)cc1. The van der Waals surface area contributed by atoms with Crippen molar-refractivity contribution >= 4 is 54.0 Å². The number of nitrogens with one attached hydrogen (secondary N) is 1. The molecule has 3 aliphatic rings. The molecule has 2 amide bonds. The van der Waals surface area contributed by atoms with Gasteiger partial charge in [-0.05, 0) is 206 Å². The molecule has 0 bridgehead atoms. The van der Waals surface area contributed by atoms with Crippen molar-refractivity contribution in [1.29, 1.82) is 0 Å². The van der Waals surface area contributed by atoms with Crippen molar-refractivity contribution in [2.45, 2.75) is 164 Å². The molecule has 0 spiro atoms. The predicted molar refractivity (Wildman–Crippen MR) is 434 cm³/mol. The molecule has 8 aromatic rings. The lowest BCUT2D eigenvalue weighted by atomic mass is 9.65. The van der Waals surface area contributed by atoms with Crippen molar-refractivity contribution in [3.8, 4) is 46.0 Å². The number of hydrogen-bond acceptors (Lipinski definition) is 22. The van der Waals surface area contributed by atoms with Crippen LogP contribution in [0.1, 0.15) is 175 Å². The minimum atomic E-state index is -4.47. The minimum absolute atomic E-state index is 0.0877. The van der Waals surface area contributed by atoms with Gasteiger partial charge in [0.25, 0.3) is 0 Å². The van der Waals surface area contributed by atoms with Crippen molar-refractivity contribution in [2.24, 2.45) is 0 Å². The summed E-state index contributed by atoms with van der Waals surface area (Å²) in [5.41, 5.74) is 6.15. The van der Waals surface area contributed by atoms with Crippen LogP contribution >= 0.6 is 0 Å². The summed E-state index contributed by atoms with van der Waals surface area (Å²) < 4.78 is 70.9. The maximum Gasteiger partial charge on any atom is 0.519 e. The molecule has 8 aromatic carbocycles. The maximum absolute atomic E-state index is 13.0. The Balaban J connectivity index is 0.000000243. The van der Waals surface area contributed by atoms with Crippen LogP contribution in [0.15, 0.2) is 194 Å². The van der Waals surface area contributed by atoms with Gasteiger partial charge in [-0.15, -0.1) is 0 Å². The summed E-state index contributed by atoms with van der Waals surface area (Å²) in [6.07, 6.45) is 11.0. The van der Waals surface area contributed by atoms with E-state index < -0.39 is 58.6 Å². The molecule has 1 heterocycles. The number of rotatable bonds is 32. The molecular formula is C89H106N2O22Si2. The molecule has 3 fully saturated rings. The lowest BCUT2D eigenvalue weighted by molar-refractivity contribution is -0.132. The highest BCUT2D eigenvalue weighted by Crippen LogP contribution is 2.48. The molecule has 2 aliphatic carbocycles. The lowest BCUT2D eigenvalue weighted by Gasteiger charge is -2.41. The zero-order chi connectivity index (χ0) is 82.2. The van der Waals surface area contributed by atoms with Gasteiger partial charge in [-0.1, -0.05) is 149 Å². The Morgan fingerprint density at radius 1 is 0.417 bits per heavy atom. The quantitative estimate of drug-likeness (QED) is 0.0100. The van der Waals surface area contributed by atoms with Gasteiger partial charge in [0.1, 0.15) is 51.7 Å². The molecule has 1 aliphatic heterocycles. The summed E-state index contributed by atoms with van der Waals surface area (Å²) >= 11 is 0. The van der Waals surface area contributed by atoms with Gasteiger partial charge in [0, 0.05) is 76.0 Å². The Morgan fingerprint density at radius 3 is 1.01 bits per heavy atom. The third kappa shape index (κ3) is 22.6. The number of hydrogen-bond donors (Lipinski definition) is 4. The van der Waals surface area contributed by atoms with E-state index in [0.717, 1.165) is 107 Å². The largest absolute Gasteiger partial charge is 0.519 e. The van der Waals surface area contributed by atoms with E-state index >= 15 is 0 Å². The summed E-state index contributed by atoms with van der Waals surface area (Å²) in [6.45, 7) is 7.99. The van der Waals surface area contributed by atoms with Gasteiger partial charge in [0.05, 0.1) is 27.4 Å². The summed E-state index contributed by atoms with van der Waals surface area (Å²) in [4.78, 5) is 104. The maximum atomic E-state index is 13.0. The number of carbonyl (C=O) groups is 6. The number of nitrogens with zero attached hydrogens (tertiary/aromatic N) is 1. The van der Waals surface area contributed by atoms with E-state index in [9.17, 15) is 43.2 Å². The summed E-state index contributed by atoms with van der Waals surface area (Å²) in [7, 11) is 0.744. The van der Waals surface area contributed by atoms with Gasteiger partial charge in [0.15, 0.2) is 0 Å². The average Bonchev–Trinajstić information content (AvgIpc) is 0.773. The Labute approximate surface area is 674 Å². The smallest absolute Gasteiger partial charge is 0.497 e. The fourth-order valence-corrected chi connectivity index (χ4v) is 18.8. The summed E-state index contributed by atoms with van der Waals surface area (Å²) in [6, 6.07) is 61.4. The zero-order valence-corrected chi connectivity index (χ0v) is 68.9. The molecule has 0 aromatic heterocycles. The average molecular weight is 1610 g/mol. The second kappa shape index (κ2) is 40.2. The first-order valence-electron chi connectivity index (χ1n) is 39.0. The van der Waals surface area contributed by atoms with Crippen molar-refractivity contribution in [3.63, 3.8) is 0 Å². The standard InChI is InChI=1S/C46H57NO11Si.C43H49NO11Si/c1-34(48)56-40-24-16-37(17-25-40)46(29-8-7-9-30-46)38-18-26-42(27-19-38)58-44(50)57-41-22-14-36(15-23-41)45(2,35-12-20-39(51-3)21-13-35)28-10-32-55-43(49)47-31-11-33-59(52-4,53-5)54-6;1-30(45)53-36-20-12-33(13-21-36)43(26-5-4-6-27-43)34-14-22-38(23-15-34)55-41(47)54-37-18-10-32(11-19-37)42(2,31-8-16-35(51-3)17-9-31)25-7-29-52-40(46)44-28-24-39(44)56(48,49)50/h12-27H,7-11,28-33H2,1-6H3,(H,47,49);8-23,39,48-50H,4-7,24-29H2,1-3H3. The second-order valence-corrected chi connectivity index (χ2v) is 34.7. The Morgan fingerprint density at radius 2 is 0.722 bits per heavy atom. The normalized spacial score (nSPS) is 16.0. The first-order chi connectivity index (χ1) is 55.3. The fourth-order valence-electron chi connectivity index (χ4n) is 15.9.